The van der Waals surface area contributed by atoms with Crippen LogP contribution < -0.4 is 10.1 Å². The van der Waals surface area contributed by atoms with Gasteiger partial charge in [0.15, 0.2) is 22.9 Å². The van der Waals surface area contributed by atoms with Crippen molar-refractivity contribution in [3.8, 4) is 11.5 Å². The van der Waals surface area contributed by atoms with E-state index in [2.05, 4.69) is 15.3 Å². The fourth-order valence-corrected chi connectivity index (χ4v) is 3.42. The topological polar surface area (TPSA) is 126 Å². The van der Waals surface area contributed by atoms with Crippen LogP contribution in [0, 0.1) is 6.92 Å². The van der Waals surface area contributed by atoms with Crippen molar-refractivity contribution in [1.82, 2.24) is 4.98 Å². The van der Waals surface area contributed by atoms with E-state index < -0.39 is 5.97 Å². The first-order valence-electron chi connectivity index (χ1n) is 10.8. The first-order valence-corrected chi connectivity index (χ1v) is 10.8. The standard InChI is InChI=1S/C25H25N3O6/c1-14(2)33-25(31)21-22(30)20(12-16-13-27-23-18(16)5-4-8-26-23)34-24(21)28-19-7-6-17(11-15(19)3)32-10-9-29/h4-8,11-14,28-30H,9-10H2,1-3H3. The quantitative estimate of drug-likeness (QED) is 0.413. The first kappa shape index (κ1) is 23.1. The van der Waals surface area contributed by atoms with Crippen LogP contribution in [0.3, 0.4) is 0 Å². The Labute approximate surface area is 196 Å². The average molecular weight is 463 g/mol. The Kier molecular flexibility index (Phi) is 6.65. The Hall–Kier alpha value is -4.11. The van der Waals surface area contributed by atoms with Crippen molar-refractivity contribution < 1.29 is 28.9 Å². The lowest BCUT2D eigenvalue weighted by atomic mass is 10.1. The van der Waals surface area contributed by atoms with Gasteiger partial charge in [0.25, 0.3) is 0 Å². The van der Waals surface area contributed by atoms with Gasteiger partial charge in [-0.15, -0.1) is 0 Å². The Morgan fingerprint density at radius 1 is 1.29 bits per heavy atom. The molecule has 34 heavy (non-hydrogen) atoms. The number of hydrogen-bond donors (Lipinski definition) is 3. The molecule has 0 unspecified atom stereocenters. The van der Waals surface area contributed by atoms with Gasteiger partial charge in [-0.1, -0.05) is 0 Å². The molecule has 176 valence electrons. The monoisotopic (exact) mass is 463 g/mol. The number of rotatable bonds is 8. The van der Waals surface area contributed by atoms with Crippen LogP contribution in [-0.4, -0.2) is 46.7 Å². The summed E-state index contributed by atoms with van der Waals surface area (Å²) in [5, 5.41) is 22.9. The molecule has 1 aliphatic heterocycles. The van der Waals surface area contributed by atoms with Gasteiger partial charge in [0.2, 0.25) is 5.88 Å². The minimum atomic E-state index is -0.717. The summed E-state index contributed by atoms with van der Waals surface area (Å²) >= 11 is 0. The van der Waals surface area contributed by atoms with Crippen LogP contribution in [0.15, 0.2) is 45.9 Å². The van der Waals surface area contributed by atoms with Gasteiger partial charge in [-0.3, -0.25) is 0 Å². The highest BCUT2D eigenvalue weighted by molar-refractivity contribution is 6.21. The number of esters is 1. The molecule has 0 spiro atoms. The number of aromatic nitrogens is 1. The van der Waals surface area contributed by atoms with E-state index in [0.717, 1.165) is 11.1 Å². The number of fused-ring (bicyclic) bond motifs is 1. The number of anilines is 2. The molecule has 3 aromatic rings. The van der Waals surface area contributed by atoms with Crippen LogP contribution >= 0.6 is 0 Å². The maximum absolute atomic E-state index is 12.8. The van der Waals surface area contributed by atoms with E-state index in [1.54, 1.807) is 56.6 Å². The number of allylic oxidation sites excluding steroid dienone is 1. The lowest BCUT2D eigenvalue weighted by Gasteiger charge is -2.12. The molecule has 9 nitrogen and oxygen atoms in total. The summed E-state index contributed by atoms with van der Waals surface area (Å²) in [5.74, 6) is 0.229. The number of pyridine rings is 1. The second-order valence-electron chi connectivity index (χ2n) is 7.88. The molecule has 3 heterocycles. The molecule has 0 radical (unpaired) electrons. The minimum absolute atomic E-state index is 0.0449. The summed E-state index contributed by atoms with van der Waals surface area (Å²) in [5.41, 5.74) is 2.80. The first-order chi connectivity index (χ1) is 16.4. The smallest absolute Gasteiger partial charge is 0.347 e. The zero-order chi connectivity index (χ0) is 24.2. The normalized spacial score (nSPS) is 13.4. The number of carbonyl (C=O) groups excluding carboxylic acids is 1. The van der Waals surface area contributed by atoms with Crippen molar-refractivity contribution in [1.29, 1.82) is 0 Å². The number of aromatic hydroxyl groups is 1. The third-order valence-corrected chi connectivity index (χ3v) is 4.97. The van der Waals surface area contributed by atoms with E-state index in [-0.39, 0.29) is 42.3 Å². The minimum Gasteiger partial charge on any atom is -0.504 e. The van der Waals surface area contributed by atoms with Crippen molar-refractivity contribution in [2.45, 2.75) is 26.9 Å². The summed E-state index contributed by atoms with van der Waals surface area (Å²) in [4.78, 5) is 21.3. The molecular weight excluding hydrogens is 438 g/mol. The number of aryl methyl sites for hydroxylation is 1. The van der Waals surface area contributed by atoms with E-state index in [1.165, 1.54) is 0 Å². The molecule has 4 rings (SSSR count). The molecule has 9 heteroatoms. The third kappa shape index (κ3) is 4.79. The van der Waals surface area contributed by atoms with E-state index in [9.17, 15) is 9.90 Å². The van der Waals surface area contributed by atoms with Gasteiger partial charge >= 0.3 is 5.97 Å². The van der Waals surface area contributed by atoms with Crippen molar-refractivity contribution in [3.05, 3.63) is 59.0 Å². The molecular formula is C25H25N3O6. The fraction of sp³-hybridized carbons (Fsp3) is 0.240. The van der Waals surface area contributed by atoms with Crippen molar-refractivity contribution in [3.63, 3.8) is 0 Å². The van der Waals surface area contributed by atoms with Crippen LogP contribution in [0.25, 0.3) is 11.6 Å². The van der Waals surface area contributed by atoms with Gasteiger partial charge in [0.05, 0.1) is 12.7 Å². The molecule has 0 saturated heterocycles. The molecule has 0 fully saturated rings. The number of aliphatic imine (C=N–C) groups is 1. The van der Waals surface area contributed by atoms with Gasteiger partial charge in [-0.05, 0) is 62.7 Å². The van der Waals surface area contributed by atoms with Crippen LogP contribution in [0.4, 0.5) is 17.4 Å². The van der Waals surface area contributed by atoms with Gasteiger partial charge in [-0.25, -0.2) is 14.8 Å². The van der Waals surface area contributed by atoms with E-state index in [0.29, 0.717) is 22.8 Å². The highest BCUT2D eigenvalue weighted by Gasteiger charge is 2.28. The Balaban J connectivity index is 1.71. The van der Waals surface area contributed by atoms with Gasteiger partial charge in [-0.2, -0.15) is 0 Å². The summed E-state index contributed by atoms with van der Waals surface area (Å²) in [7, 11) is 0. The number of benzene rings is 1. The number of carbonyl (C=O) groups is 1. The van der Waals surface area contributed by atoms with Gasteiger partial charge < -0.3 is 29.4 Å². The number of nitrogens with zero attached hydrogens (tertiary/aromatic N) is 2. The largest absolute Gasteiger partial charge is 0.504 e. The van der Waals surface area contributed by atoms with Crippen molar-refractivity contribution in [2.24, 2.45) is 4.99 Å². The van der Waals surface area contributed by atoms with E-state index in [4.69, 9.17) is 19.0 Å². The van der Waals surface area contributed by atoms with E-state index >= 15 is 0 Å². The second kappa shape index (κ2) is 9.80. The number of aliphatic hydroxyl groups excluding tert-OH is 1. The van der Waals surface area contributed by atoms with Gasteiger partial charge in [0.1, 0.15) is 12.4 Å². The third-order valence-electron chi connectivity index (χ3n) is 4.97. The molecule has 0 bridgehead atoms. The zero-order valence-electron chi connectivity index (χ0n) is 19.0. The van der Waals surface area contributed by atoms with Crippen LogP contribution in [0.1, 0.15) is 41.1 Å². The summed E-state index contributed by atoms with van der Waals surface area (Å²) in [6.45, 7) is 5.39. The number of nitrogens with one attached hydrogen (secondary N) is 1. The summed E-state index contributed by atoms with van der Waals surface area (Å²) in [6.07, 6.45) is 4.48. The van der Waals surface area contributed by atoms with Crippen LogP contribution in [-0.2, 0) is 4.74 Å². The highest BCUT2D eigenvalue weighted by atomic mass is 16.5. The Morgan fingerprint density at radius 3 is 2.85 bits per heavy atom. The highest BCUT2D eigenvalue weighted by Crippen LogP contribution is 2.40. The predicted molar refractivity (Wildman–Crippen MR) is 128 cm³/mol. The number of hydrogen-bond acceptors (Lipinski definition) is 9. The zero-order valence-corrected chi connectivity index (χ0v) is 19.0. The molecule has 1 aromatic carbocycles. The van der Waals surface area contributed by atoms with Crippen molar-refractivity contribution in [2.75, 3.05) is 18.5 Å². The van der Waals surface area contributed by atoms with Gasteiger partial charge in [0, 0.05) is 29.2 Å². The molecule has 0 saturated carbocycles. The van der Waals surface area contributed by atoms with Crippen LogP contribution in [0.2, 0.25) is 0 Å². The molecule has 0 atom stereocenters. The molecule has 0 aliphatic carbocycles. The maximum atomic E-state index is 12.8. The fourth-order valence-electron chi connectivity index (χ4n) is 3.42. The van der Waals surface area contributed by atoms with E-state index in [1.807, 2.05) is 13.0 Å². The Morgan fingerprint density at radius 2 is 2.12 bits per heavy atom. The number of ether oxygens (including phenoxy) is 2. The molecule has 1 aliphatic rings. The Bertz CT molecular complexity index is 1280. The molecule has 0 amide bonds. The van der Waals surface area contributed by atoms with Crippen LogP contribution in [0.5, 0.6) is 11.5 Å². The lowest BCUT2D eigenvalue weighted by Crippen LogP contribution is -2.12. The lowest BCUT2D eigenvalue weighted by molar-refractivity contribution is 0.0376. The number of furan rings is 1. The summed E-state index contributed by atoms with van der Waals surface area (Å²) < 4.78 is 16.7. The summed E-state index contributed by atoms with van der Waals surface area (Å²) in [6, 6.07) is 8.91. The predicted octanol–water partition coefficient (Wildman–Crippen LogP) is 4.63. The molecule has 3 N–H and O–H groups in total. The second-order valence-corrected chi connectivity index (χ2v) is 7.88. The molecule has 2 aromatic heterocycles. The maximum Gasteiger partial charge on any atom is 0.347 e. The van der Waals surface area contributed by atoms with Crippen molar-refractivity contribution >= 4 is 41.2 Å². The average Bonchev–Trinajstić information content (AvgIpc) is 3.34. The SMILES string of the molecule is Cc1cc(OCCO)ccc1Nc1oc(C=C2C=Nc3ncccc32)c(O)c1C(=O)OC(C)C. The number of aliphatic hydroxyl groups is 1.